The summed E-state index contributed by atoms with van der Waals surface area (Å²) in [6, 6.07) is 15.1. The second kappa shape index (κ2) is 9.66. The van der Waals surface area contributed by atoms with Crippen LogP contribution < -0.4 is 10.5 Å². The lowest BCUT2D eigenvalue weighted by atomic mass is 9.79. The summed E-state index contributed by atoms with van der Waals surface area (Å²) in [5, 5.41) is 0. The average Bonchev–Trinajstić information content (AvgIpc) is 3.18. The third-order valence-electron chi connectivity index (χ3n) is 7.21. The van der Waals surface area contributed by atoms with Gasteiger partial charge >= 0.3 is 7.82 Å². The minimum atomic E-state index is -4.49. The molecular formula is C25H34NO5P. The second-order valence-corrected chi connectivity index (χ2v) is 10.8. The maximum absolute atomic E-state index is 11.0. The van der Waals surface area contributed by atoms with Gasteiger partial charge in [0.25, 0.3) is 0 Å². The minimum Gasteiger partial charge on any atom is -0.496 e. The van der Waals surface area contributed by atoms with Gasteiger partial charge in [-0.05, 0) is 91.5 Å². The Morgan fingerprint density at radius 3 is 2.75 bits per heavy atom. The first kappa shape index (κ1) is 23.5. The number of para-hydroxylation sites is 1. The lowest BCUT2D eigenvalue weighted by molar-refractivity contribution is 0.153. The van der Waals surface area contributed by atoms with Crippen LogP contribution in [0.15, 0.2) is 42.5 Å². The van der Waals surface area contributed by atoms with E-state index in [0.29, 0.717) is 24.7 Å². The third kappa shape index (κ3) is 5.81. The summed E-state index contributed by atoms with van der Waals surface area (Å²) >= 11 is 0. The summed E-state index contributed by atoms with van der Waals surface area (Å²) in [5.41, 5.74) is 11.2. The van der Waals surface area contributed by atoms with Crippen molar-refractivity contribution in [1.82, 2.24) is 0 Å². The summed E-state index contributed by atoms with van der Waals surface area (Å²) in [6.45, 7) is -0.105. The van der Waals surface area contributed by atoms with Gasteiger partial charge in [0.2, 0.25) is 0 Å². The first-order valence-electron chi connectivity index (χ1n) is 11.5. The maximum Gasteiger partial charge on any atom is 0.469 e. The molecule has 0 saturated heterocycles. The molecule has 1 saturated carbocycles. The Kier molecular flexibility index (Phi) is 7.09. The van der Waals surface area contributed by atoms with Crippen LogP contribution in [0, 0.1) is 5.92 Å². The Labute approximate surface area is 190 Å². The Hall–Kier alpha value is -1.69. The summed E-state index contributed by atoms with van der Waals surface area (Å²) in [7, 11) is -2.76. The van der Waals surface area contributed by atoms with Crippen molar-refractivity contribution >= 4 is 7.82 Å². The van der Waals surface area contributed by atoms with Crippen LogP contribution in [0.25, 0.3) is 0 Å². The average molecular weight is 460 g/mol. The van der Waals surface area contributed by atoms with Crippen LogP contribution in [0.3, 0.4) is 0 Å². The summed E-state index contributed by atoms with van der Waals surface area (Å²) < 4.78 is 21.2. The predicted molar refractivity (Wildman–Crippen MR) is 125 cm³/mol. The standard InChI is InChI=1S/C25H34NO5P/c1-30-24-5-3-2-4-19(24)8-6-18-7-9-21-15-22(11-10-20(21)14-18)23-12-13-25(26,16-23)17-31-32(27,28)29/h2-5,10-11,15,18,23H,6-9,12-14,16-17,26H2,1H3,(H2,27,28,29)/t18-,23+,25-/m1/s1. The lowest BCUT2D eigenvalue weighted by Gasteiger charge is -2.27. The van der Waals surface area contributed by atoms with Crippen molar-refractivity contribution in [1.29, 1.82) is 0 Å². The number of phosphoric ester groups is 1. The normalized spacial score (nSPS) is 25.5. The molecule has 2 aromatic rings. The maximum atomic E-state index is 11.0. The monoisotopic (exact) mass is 459 g/mol. The molecule has 0 aromatic heterocycles. The number of hydrogen-bond donors (Lipinski definition) is 3. The van der Waals surface area contributed by atoms with Crippen LogP contribution in [-0.2, 0) is 28.4 Å². The van der Waals surface area contributed by atoms with Gasteiger partial charge in [-0.25, -0.2) is 4.57 Å². The summed E-state index contributed by atoms with van der Waals surface area (Å²) in [4.78, 5) is 18.0. The zero-order valence-corrected chi connectivity index (χ0v) is 19.6. The van der Waals surface area contributed by atoms with Gasteiger partial charge in [0.15, 0.2) is 0 Å². The van der Waals surface area contributed by atoms with E-state index in [1.807, 2.05) is 12.1 Å². The van der Waals surface area contributed by atoms with Crippen LogP contribution in [0.2, 0.25) is 0 Å². The Morgan fingerprint density at radius 1 is 1.16 bits per heavy atom. The highest BCUT2D eigenvalue weighted by Gasteiger charge is 2.38. The van der Waals surface area contributed by atoms with Gasteiger partial charge < -0.3 is 20.3 Å². The van der Waals surface area contributed by atoms with Gasteiger partial charge in [-0.2, -0.15) is 0 Å². The smallest absolute Gasteiger partial charge is 0.469 e. The Bertz CT molecular complexity index is 990. The van der Waals surface area contributed by atoms with E-state index in [1.165, 1.54) is 35.1 Å². The molecule has 6 nitrogen and oxygen atoms in total. The number of hydrogen-bond acceptors (Lipinski definition) is 4. The molecule has 174 valence electrons. The molecule has 2 aliphatic carbocycles. The van der Waals surface area contributed by atoms with E-state index in [0.717, 1.165) is 31.4 Å². The Balaban J connectivity index is 1.35. The molecule has 2 aliphatic rings. The molecule has 0 spiro atoms. The molecule has 0 aliphatic heterocycles. The molecule has 32 heavy (non-hydrogen) atoms. The molecule has 0 radical (unpaired) electrons. The Morgan fingerprint density at radius 2 is 1.97 bits per heavy atom. The van der Waals surface area contributed by atoms with Gasteiger partial charge in [-0.3, -0.25) is 4.52 Å². The van der Waals surface area contributed by atoms with Crippen LogP contribution in [-0.4, -0.2) is 29.0 Å². The van der Waals surface area contributed by atoms with Crippen LogP contribution in [0.1, 0.15) is 60.3 Å². The van der Waals surface area contributed by atoms with Gasteiger partial charge in [-0.1, -0.05) is 36.4 Å². The van der Waals surface area contributed by atoms with Crippen molar-refractivity contribution in [2.45, 2.75) is 62.8 Å². The molecule has 0 bridgehead atoms. The first-order chi connectivity index (χ1) is 15.2. The minimum absolute atomic E-state index is 0.105. The third-order valence-corrected chi connectivity index (χ3v) is 7.68. The summed E-state index contributed by atoms with van der Waals surface area (Å²) in [6.07, 6.45) is 7.94. The highest BCUT2D eigenvalue weighted by atomic mass is 31.2. The van der Waals surface area contributed by atoms with Crippen molar-refractivity contribution in [2.24, 2.45) is 11.7 Å². The summed E-state index contributed by atoms with van der Waals surface area (Å²) in [5.74, 6) is 1.98. The zero-order chi connectivity index (χ0) is 22.8. The molecule has 4 rings (SSSR count). The van der Waals surface area contributed by atoms with Crippen molar-refractivity contribution < 1.29 is 23.6 Å². The fourth-order valence-electron chi connectivity index (χ4n) is 5.40. The molecular weight excluding hydrogens is 425 g/mol. The first-order valence-corrected chi connectivity index (χ1v) is 13.0. The molecule has 2 aromatic carbocycles. The van der Waals surface area contributed by atoms with E-state index in [4.69, 9.17) is 24.8 Å². The van der Waals surface area contributed by atoms with Crippen molar-refractivity contribution in [3.8, 4) is 5.75 Å². The van der Waals surface area contributed by atoms with E-state index in [1.54, 1.807) is 7.11 Å². The second-order valence-electron chi connectivity index (χ2n) is 9.55. The fraction of sp³-hybridized carbons (Fsp3) is 0.520. The number of ether oxygens (including phenoxy) is 1. The van der Waals surface area contributed by atoms with Crippen LogP contribution in [0.4, 0.5) is 0 Å². The van der Waals surface area contributed by atoms with Crippen molar-refractivity contribution in [2.75, 3.05) is 13.7 Å². The molecule has 0 heterocycles. The van der Waals surface area contributed by atoms with E-state index < -0.39 is 13.4 Å². The van der Waals surface area contributed by atoms with Gasteiger partial charge in [0.05, 0.1) is 13.7 Å². The number of nitrogens with two attached hydrogens (primary N) is 1. The number of benzene rings is 2. The lowest BCUT2D eigenvalue weighted by Crippen LogP contribution is -2.41. The quantitative estimate of drug-likeness (QED) is 0.502. The number of aryl methyl sites for hydroxylation is 2. The molecule has 7 heteroatoms. The number of rotatable bonds is 8. The van der Waals surface area contributed by atoms with Crippen LogP contribution in [0.5, 0.6) is 5.75 Å². The van der Waals surface area contributed by atoms with E-state index in [-0.39, 0.29) is 6.61 Å². The topological polar surface area (TPSA) is 102 Å². The van der Waals surface area contributed by atoms with Crippen molar-refractivity contribution in [3.05, 3.63) is 64.7 Å². The highest BCUT2D eigenvalue weighted by Crippen LogP contribution is 2.44. The number of phosphoric acid groups is 1. The van der Waals surface area contributed by atoms with Gasteiger partial charge in [0.1, 0.15) is 5.75 Å². The van der Waals surface area contributed by atoms with Gasteiger partial charge in [0, 0.05) is 5.54 Å². The zero-order valence-electron chi connectivity index (χ0n) is 18.7. The van der Waals surface area contributed by atoms with E-state index in [9.17, 15) is 4.57 Å². The molecule has 3 atom stereocenters. The van der Waals surface area contributed by atoms with Crippen molar-refractivity contribution in [3.63, 3.8) is 0 Å². The van der Waals surface area contributed by atoms with E-state index >= 15 is 0 Å². The van der Waals surface area contributed by atoms with E-state index in [2.05, 4.69) is 30.3 Å². The molecule has 1 fully saturated rings. The number of methoxy groups -OCH3 is 1. The molecule has 4 N–H and O–H groups in total. The van der Waals surface area contributed by atoms with Gasteiger partial charge in [-0.15, -0.1) is 0 Å². The largest absolute Gasteiger partial charge is 0.496 e. The SMILES string of the molecule is COc1ccccc1CC[C@@H]1CCc2cc([C@H]3CC[C@](N)(COP(=O)(O)O)C3)ccc2C1. The number of fused-ring (bicyclic) bond motifs is 1. The molecule has 0 unspecified atom stereocenters. The fourth-order valence-corrected chi connectivity index (χ4v) is 5.83. The molecule has 0 amide bonds. The predicted octanol–water partition coefficient (Wildman–Crippen LogP) is 4.51. The highest BCUT2D eigenvalue weighted by molar-refractivity contribution is 7.46. The van der Waals surface area contributed by atoms with Crippen LogP contribution >= 0.6 is 7.82 Å².